The predicted molar refractivity (Wildman–Crippen MR) is 103 cm³/mol. The maximum absolute atomic E-state index is 5.54. The monoisotopic (exact) mass is 344 g/mol. The summed E-state index contributed by atoms with van der Waals surface area (Å²) in [5.74, 6) is 1.71. The molecule has 5 heteroatoms. The molecule has 1 aromatic carbocycles. The summed E-state index contributed by atoms with van der Waals surface area (Å²) >= 11 is 0. The molecule has 2 fully saturated rings. The fourth-order valence-corrected chi connectivity index (χ4v) is 3.31. The molecule has 0 aromatic heterocycles. The largest absolute Gasteiger partial charge is 0.379 e. The quantitative estimate of drug-likeness (QED) is 0.614. The van der Waals surface area contributed by atoms with Crippen LogP contribution in [0.2, 0.25) is 0 Å². The third kappa shape index (κ3) is 5.19. The molecule has 0 amide bonds. The maximum Gasteiger partial charge on any atom is 0.191 e. The average Bonchev–Trinajstić information content (AvgIpc) is 3.32. The lowest BCUT2D eigenvalue weighted by Crippen LogP contribution is -2.42. The first-order valence-corrected chi connectivity index (χ1v) is 9.60. The first kappa shape index (κ1) is 18.2. The van der Waals surface area contributed by atoms with Gasteiger partial charge >= 0.3 is 0 Å². The number of guanidine groups is 1. The normalized spacial score (nSPS) is 25.5. The average molecular weight is 345 g/mol. The second-order valence-electron chi connectivity index (χ2n) is 7.26. The van der Waals surface area contributed by atoms with E-state index < -0.39 is 0 Å². The second kappa shape index (κ2) is 8.68. The smallest absolute Gasteiger partial charge is 0.191 e. The van der Waals surface area contributed by atoms with Gasteiger partial charge in [-0.05, 0) is 31.7 Å². The molecule has 3 unspecified atom stereocenters. The van der Waals surface area contributed by atoms with Gasteiger partial charge in [-0.25, -0.2) is 0 Å². The Morgan fingerprint density at radius 1 is 1.28 bits per heavy atom. The van der Waals surface area contributed by atoms with Gasteiger partial charge in [0.15, 0.2) is 5.96 Å². The highest BCUT2D eigenvalue weighted by Gasteiger charge is 2.33. The van der Waals surface area contributed by atoms with Crippen LogP contribution < -0.4 is 10.6 Å². The minimum Gasteiger partial charge on any atom is -0.379 e. The summed E-state index contributed by atoms with van der Waals surface area (Å²) in [5, 5.41) is 6.95. The highest BCUT2D eigenvalue weighted by Crippen LogP contribution is 2.29. The Hall–Kier alpha value is -1.59. The van der Waals surface area contributed by atoms with Crippen LogP contribution in [-0.2, 0) is 4.74 Å². The molecule has 3 atom stereocenters. The van der Waals surface area contributed by atoms with Gasteiger partial charge in [0, 0.05) is 25.7 Å². The highest BCUT2D eigenvalue weighted by molar-refractivity contribution is 5.80. The van der Waals surface area contributed by atoms with Crippen molar-refractivity contribution in [2.24, 2.45) is 10.9 Å². The van der Waals surface area contributed by atoms with Gasteiger partial charge in [0.25, 0.3) is 0 Å². The van der Waals surface area contributed by atoms with Gasteiger partial charge in [0.2, 0.25) is 0 Å². The van der Waals surface area contributed by atoms with E-state index in [0.717, 1.165) is 51.3 Å². The molecule has 0 radical (unpaired) electrons. The van der Waals surface area contributed by atoms with Crippen LogP contribution in [0.25, 0.3) is 0 Å². The second-order valence-corrected chi connectivity index (χ2v) is 7.26. The summed E-state index contributed by atoms with van der Waals surface area (Å²) in [7, 11) is 0. The van der Waals surface area contributed by atoms with E-state index in [2.05, 4.69) is 60.6 Å². The number of nitrogens with zero attached hydrogens (tertiary/aromatic N) is 2. The van der Waals surface area contributed by atoms with Crippen LogP contribution in [-0.4, -0.2) is 56.3 Å². The topological polar surface area (TPSA) is 48.9 Å². The van der Waals surface area contributed by atoms with Gasteiger partial charge in [-0.15, -0.1) is 0 Å². The molecule has 1 saturated heterocycles. The van der Waals surface area contributed by atoms with Crippen LogP contribution in [0.5, 0.6) is 0 Å². The lowest BCUT2D eigenvalue weighted by molar-refractivity contribution is 0.0179. The predicted octanol–water partition coefficient (Wildman–Crippen LogP) is 2.33. The van der Waals surface area contributed by atoms with Crippen molar-refractivity contribution in [3.63, 3.8) is 0 Å². The van der Waals surface area contributed by atoms with Crippen molar-refractivity contribution in [1.29, 1.82) is 0 Å². The van der Waals surface area contributed by atoms with E-state index in [0.29, 0.717) is 12.1 Å². The van der Waals surface area contributed by atoms with E-state index in [9.17, 15) is 0 Å². The molecule has 5 nitrogen and oxygen atoms in total. The Morgan fingerprint density at radius 2 is 1.96 bits per heavy atom. The van der Waals surface area contributed by atoms with Crippen LogP contribution in [0.1, 0.15) is 37.4 Å². The fourth-order valence-electron chi connectivity index (χ4n) is 3.31. The zero-order valence-corrected chi connectivity index (χ0v) is 15.8. The number of ether oxygens (including phenoxy) is 1. The van der Waals surface area contributed by atoms with Crippen LogP contribution >= 0.6 is 0 Å². The minimum atomic E-state index is 0.302. The van der Waals surface area contributed by atoms with E-state index in [1.165, 1.54) is 17.5 Å². The molecule has 1 saturated carbocycles. The van der Waals surface area contributed by atoms with Crippen molar-refractivity contribution in [3.8, 4) is 0 Å². The Bertz CT molecular complexity index is 566. The molecule has 0 spiro atoms. The van der Waals surface area contributed by atoms with Crippen molar-refractivity contribution in [1.82, 2.24) is 15.5 Å². The molecular formula is C20H32N4O. The van der Waals surface area contributed by atoms with Crippen molar-refractivity contribution in [2.75, 3.05) is 39.4 Å². The first-order chi connectivity index (χ1) is 12.2. The molecule has 1 heterocycles. The first-order valence-electron chi connectivity index (χ1n) is 9.60. The molecule has 3 rings (SSSR count). The lowest BCUT2D eigenvalue weighted by Gasteiger charge is -2.34. The zero-order chi connectivity index (χ0) is 17.6. The minimum absolute atomic E-state index is 0.302. The number of hydrogen-bond acceptors (Lipinski definition) is 3. The van der Waals surface area contributed by atoms with E-state index in [1.807, 2.05) is 0 Å². The third-order valence-corrected chi connectivity index (χ3v) is 5.15. The molecule has 1 aliphatic carbocycles. The SMILES string of the molecule is CCNC(=NCC(c1ccc(C)cc1)N1CCOCC1)NC1CC1C. The van der Waals surface area contributed by atoms with Gasteiger partial charge < -0.3 is 15.4 Å². The van der Waals surface area contributed by atoms with Crippen molar-refractivity contribution in [3.05, 3.63) is 35.4 Å². The van der Waals surface area contributed by atoms with E-state index in [1.54, 1.807) is 0 Å². The number of morpholine rings is 1. The Kier molecular flexibility index (Phi) is 6.32. The number of nitrogens with one attached hydrogen (secondary N) is 2. The van der Waals surface area contributed by atoms with Crippen molar-refractivity contribution >= 4 is 5.96 Å². The molecule has 25 heavy (non-hydrogen) atoms. The summed E-state index contributed by atoms with van der Waals surface area (Å²) in [4.78, 5) is 7.42. The van der Waals surface area contributed by atoms with Gasteiger partial charge in [0.1, 0.15) is 0 Å². The highest BCUT2D eigenvalue weighted by atomic mass is 16.5. The Balaban J connectivity index is 1.72. The molecular weight excluding hydrogens is 312 g/mol. The summed E-state index contributed by atoms with van der Waals surface area (Å²) in [6, 6.07) is 9.77. The zero-order valence-electron chi connectivity index (χ0n) is 15.8. The van der Waals surface area contributed by atoms with E-state index in [4.69, 9.17) is 9.73 Å². The fraction of sp³-hybridized carbons (Fsp3) is 0.650. The number of aliphatic imine (C=N–C) groups is 1. The van der Waals surface area contributed by atoms with Gasteiger partial charge in [-0.1, -0.05) is 36.8 Å². The summed E-state index contributed by atoms with van der Waals surface area (Å²) in [6.45, 7) is 11.7. The van der Waals surface area contributed by atoms with E-state index >= 15 is 0 Å². The summed E-state index contributed by atoms with van der Waals surface area (Å²) < 4.78 is 5.54. The molecule has 138 valence electrons. The lowest BCUT2D eigenvalue weighted by atomic mass is 10.0. The summed E-state index contributed by atoms with van der Waals surface area (Å²) in [5.41, 5.74) is 2.64. The standard InChI is InChI=1S/C20H32N4O/c1-4-21-20(23-18-13-16(18)3)22-14-19(24-9-11-25-12-10-24)17-7-5-15(2)6-8-17/h5-8,16,18-19H,4,9-14H2,1-3H3,(H2,21,22,23). The molecule has 1 aromatic rings. The molecule has 2 aliphatic rings. The molecule has 2 N–H and O–H groups in total. The van der Waals surface area contributed by atoms with Gasteiger partial charge in [-0.3, -0.25) is 9.89 Å². The van der Waals surface area contributed by atoms with Crippen LogP contribution in [0, 0.1) is 12.8 Å². The number of aryl methyl sites for hydroxylation is 1. The van der Waals surface area contributed by atoms with Gasteiger partial charge in [0.05, 0.1) is 25.8 Å². The molecule has 1 aliphatic heterocycles. The Labute approximate surface area is 151 Å². The van der Waals surface area contributed by atoms with Crippen molar-refractivity contribution in [2.45, 2.75) is 39.3 Å². The number of hydrogen-bond donors (Lipinski definition) is 2. The molecule has 0 bridgehead atoms. The van der Waals surface area contributed by atoms with E-state index in [-0.39, 0.29) is 0 Å². The van der Waals surface area contributed by atoms with Crippen molar-refractivity contribution < 1.29 is 4.74 Å². The maximum atomic E-state index is 5.54. The number of benzene rings is 1. The third-order valence-electron chi connectivity index (χ3n) is 5.15. The Morgan fingerprint density at radius 3 is 2.56 bits per heavy atom. The van der Waals surface area contributed by atoms with Gasteiger partial charge in [-0.2, -0.15) is 0 Å². The number of rotatable bonds is 6. The van der Waals surface area contributed by atoms with Crippen LogP contribution in [0.4, 0.5) is 0 Å². The van der Waals surface area contributed by atoms with Crippen LogP contribution in [0.3, 0.4) is 0 Å². The summed E-state index contributed by atoms with van der Waals surface area (Å²) in [6.07, 6.45) is 1.25. The van der Waals surface area contributed by atoms with Crippen LogP contribution in [0.15, 0.2) is 29.3 Å².